The van der Waals surface area contributed by atoms with Crippen LogP contribution in [0.15, 0.2) is 12.1 Å². The molecule has 3 heterocycles. The van der Waals surface area contributed by atoms with Gasteiger partial charge in [0.25, 0.3) is 0 Å². The second-order valence-electron chi connectivity index (χ2n) is 7.70. The Labute approximate surface area is 154 Å². The molecular weight excluding hydrogens is 328 g/mol. The highest BCUT2D eigenvalue weighted by Gasteiger charge is 2.28. The van der Waals surface area contributed by atoms with E-state index in [1.165, 1.54) is 25.7 Å². The minimum absolute atomic E-state index is 0.107. The van der Waals surface area contributed by atoms with Crippen molar-refractivity contribution >= 4 is 11.7 Å². The van der Waals surface area contributed by atoms with Gasteiger partial charge >= 0.3 is 6.03 Å². The minimum Gasteiger partial charge on any atom is -0.335 e. The van der Waals surface area contributed by atoms with Crippen LogP contribution in [0.3, 0.4) is 0 Å². The number of aryl methyl sites for hydroxylation is 1. The summed E-state index contributed by atoms with van der Waals surface area (Å²) in [5, 5.41) is 16.4. The van der Waals surface area contributed by atoms with Crippen LogP contribution in [0, 0.1) is 6.92 Å². The number of carbonyl (C=O) groups excluding carboxylic acids is 1. The Morgan fingerprint density at radius 1 is 1.04 bits per heavy atom. The third kappa shape index (κ3) is 3.66. The van der Waals surface area contributed by atoms with E-state index in [0.29, 0.717) is 12.0 Å². The van der Waals surface area contributed by atoms with E-state index >= 15 is 0 Å². The van der Waals surface area contributed by atoms with Crippen LogP contribution in [-0.2, 0) is 0 Å². The third-order valence-corrected chi connectivity index (χ3v) is 5.75. The summed E-state index contributed by atoms with van der Waals surface area (Å²) >= 11 is 0. The zero-order chi connectivity index (χ0) is 17.9. The molecule has 1 N–H and O–H groups in total. The summed E-state index contributed by atoms with van der Waals surface area (Å²) in [6.07, 6.45) is 9.15. The average molecular weight is 356 g/mol. The number of urea groups is 1. The number of hydrogen-bond donors (Lipinski definition) is 1. The normalized spacial score (nSPS) is 20.3. The summed E-state index contributed by atoms with van der Waals surface area (Å²) in [6, 6.07) is 4.37. The van der Waals surface area contributed by atoms with E-state index in [-0.39, 0.29) is 6.03 Å². The van der Waals surface area contributed by atoms with Crippen LogP contribution in [0.1, 0.15) is 68.8 Å². The molecule has 7 nitrogen and oxygen atoms in total. The van der Waals surface area contributed by atoms with Crippen LogP contribution in [0.25, 0.3) is 5.65 Å². The molecule has 0 bridgehead atoms. The van der Waals surface area contributed by atoms with Crippen LogP contribution in [0.2, 0.25) is 0 Å². The first-order valence-electron chi connectivity index (χ1n) is 9.95. The van der Waals surface area contributed by atoms with Crippen LogP contribution in [-0.4, -0.2) is 49.9 Å². The van der Waals surface area contributed by atoms with Gasteiger partial charge in [-0.1, -0.05) is 25.7 Å². The first kappa shape index (κ1) is 17.2. The zero-order valence-corrected chi connectivity index (χ0v) is 15.5. The Hall–Kier alpha value is -2.18. The first-order chi connectivity index (χ1) is 12.7. The van der Waals surface area contributed by atoms with Crippen molar-refractivity contribution in [3.63, 3.8) is 0 Å². The maximum Gasteiger partial charge on any atom is 0.317 e. The lowest BCUT2D eigenvalue weighted by molar-refractivity contribution is 0.175. The Morgan fingerprint density at radius 3 is 2.50 bits per heavy atom. The summed E-state index contributed by atoms with van der Waals surface area (Å²) in [6.45, 7) is 3.51. The molecule has 7 heteroatoms. The summed E-state index contributed by atoms with van der Waals surface area (Å²) in [5.41, 5.74) is 1.75. The zero-order valence-electron chi connectivity index (χ0n) is 15.5. The van der Waals surface area contributed by atoms with Gasteiger partial charge in [0, 0.05) is 25.0 Å². The molecule has 1 aliphatic heterocycles. The van der Waals surface area contributed by atoms with E-state index in [4.69, 9.17) is 0 Å². The highest BCUT2D eigenvalue weighted by Crippen LogP contribution is 2.27. The second kappa shape index (κ2) is 7.60. The highest BCUT2D eigenvalue weighted by molar-refractivity contribution is 5.74. The summed E-state index contributed by atoms with van der Waals surface area (Å²) in [4.78, 5) is 14.6. The standard InChI is InChI=1S/C19H28N6O/c1-14-8-9-17-21-22-18(25(17)23-14)15-10-12-24(13-11-15)19(26)20-16-6-4-2-3-5-7-16/h8-9,15-16H,2-7,10-13H2,1H3,(H,20,26). The molecule has 2 aliphatic rings. The van der Waals surface area contributed by atoms with E-state index in [1.807, 2.05) is 28.5 Å². The number of amides is 2. The number of carbonyl (C=O) groups is 1. The monoisotopic (exact) mass is 356 g/mol. The predicted molar refractivity (Wildman–Crippen MR) is 99.1 cm³/mol. The van der Waals surface area contributed by atoms with Gasteiger partial charge in [-0.3, -0.25) is 0 Å². The Morgan fingerprint density at radius 2 is 1.77 bits per heavy atom. The average Bonchev–Trinajstić information content (AvgIpc) is 2.89. The number of hydrogen-bond acceptors (Lipinski definition) is 4. The van der Waals surface area contributed by atoms with Gasteiger partial charge in [-0.25, -0.2) is 4.79 Å². The van der Waals surface area contributed by atoms with E-state index < -0.39 is 0 Å². The van der Waals surface area contributed by atoms with Gasteiger partial charge in [-0.15, -0.1) is 10.2 Å². The van der Waals surface area contributed by atoms with Gasteiger partial charge in [0.2, 0.25) is 0 Å². The van der Waals surface area contributed by atoms with Gasteiger partial charge in [0.15, 0.2) is 11.5 Å². The molecular formula is C19H28N6O. The molecule has 0 spiro atoms. The molecule has 0 atom stereocenters. The molecule has 2 fully saturated rings. The molecule has 2 aromatic heterocycles. The van der Waals surface area contributed by atoms with Crippen molar-refractivity contribution in [1.29, 1.82) is 0 Å². The van der Waals surface area contributed by atoms with Gasteiger partial charge in [-0.05, 0) is 44.7 Å². The number of fused-ring (bicyclic) bond motifs is 1. The molecule has 2 amide bonds. The molecule has 2 aromatic rings. The molecule has 4 rings (SSSR count). The van der Waals surface area contributed by atoms with E-state index in [2.05, 4.69) is 20.6 Å². The maximum absolute atomic E-state index is 12.6. The molecule has 26 heavy (non-hydrogen) atoms. The SMILES string of the molecule is Cc1ccc2nnc(C3CCN(C(=O)NC4CCCCCC4)CC3)n2n1. The predicted octanol–water partition coefficient (Wildman–Crippen LogP) is 3.04. The van der Waals surface area contributed by atoms with Crippen molar-refractivity contribution < 1.29 is 4.79 Å². The van der Waals surface area contributed by atoms with Crippen LogP contribution >= 0.6 is 0 Å². The van der Waals surface area contributed by atoms with Crippen LogP contribution in [0.5, 0.6) is 0 Å². The van der Waals surface area contributed by atoms with Crippen LogP contribution in [0.4, 0.5) is 4.79 Å². The maximum atomic E-state index is 12.6. The van der Waals surface area contributed by atoms with E-state index in [1.54, 1.807) is 0 Å². The summed E-state index contributed by atoms with van der Waals surface area (Å²) in [7, 11) is 0. The largest absolute Gasteiger partial charge is 0.335 e. The third-order valence-electron chi connectivity index (χ3n) is 5.75. The number of likely N-dealkylation sites (tertiary alicyclic amines) is 1. The minimum atomic E-state index is 0.107. The van der Waals surface area contributed by atoms with E-state index in [9.17, 15) is 4.79 Å². The van der Waals surface area contributed by atoms with E-state index in [0.717, 1.165) is 55.9 Å². The van der Waals surface area contributed by atoms with Crippen molar-refractivity contribution in [2.45, 2.75) is 70.3 Å². The van der Waals surface area contributed by atoms with Gasteiger partial charge in [-0.2, -0.15) is 9.61 Å². The Bertz CT molecular complexity index is 756. The molecule has 1 saturated heterocycles. The molecule has 0 radical (unpaired) electrons. The number of nitrogens with zero attached hydrogens (tertiary/aromatic N) is 5. The van der Waals surface area contributed by atoms with Crippen LogP contribution < -0.4 is 5.32 Å². The number of piperidine rings is 1. The Kier molecular flexibility index (Phi) is 5.04. The van der Waals surface area contributed by atoms with Crippen molar-refractivity contribution in [3.8, 4) is 0 Å². The van der Waals surface area contributed by atoms with Crippen molar-refractivity contribution in [2.75, 3.05) is 13.1 Å². The smallest absolute Gasteiger partial charge is 0.317 e. The van der Waals surface area contributed by atoms with Gasteiger partial charge in [0.1, 0.15) is 0 Å². The highest BCUT2D eigenvalue weighted by atomic mass is 16.2. The lowest BCUT2D eigenvalue weighted by Gasteiger charge is -2.32. The fraction of sp³-hybridized carbons (Fsp3) is 0.684. The van der Waals surface area contributed by atoms with Gasteiger partial charge < -0.3 is 10.2 Å². The lowest BCUT2D eigenvalue weighted by atomic mass is 9.96. The molecule has 1 saturated carbocycles. The molecule has 0 unspecified atom stereocenters. The molecule has 140 valence electrons. The number of rotatable bonds is 2. The van der Waals surface area contributed by atoms with Crippen molar-refractivity contribution in [1.82, 2.24) is 30.0 Å². The number of aromatic nitrogens is 4. The lowest BCUT2D eigenvalue weighted by Crippen LogP contribution is -2.47. The van der Waals surface area contributed by atoms with Crippen molar-refractivity contribution in [2.24, 2.45) is 0 Å². The first-order valence-corrected chi connectivity index (χ1v) is 9.95. The molecule has 1 aliphatic carbocycles. The molecule has 0 aromatic carbocycles. The second-order valence-corrected chi connectivity index (χ2v) is 7.70. The Balaban J connectivity index is 1.36. The topological polar surface area (TPSA) is 75.4 Å². The summed E-state index contributed by atoms with van der Waals surface area (Å²) in [5.74, 6) is 1.23. The quantitative estimate of drug-likeness (QED) is 0.839. The van der Waals surface area contributed by atoms with Crippen molar-refractivity contribution in [3.05, 3.63) is 23.7 Å². The van der Waals surface area contributed by atoms with Gasteiger partial charge in [0.05, 0.1) is 5.69 Å². The summed E-state index contributed by atoms with van der Waals surface area (Å²) < 4.78 is 1.86. The fourth-order valence-electron chi connectivity index (χ4n) is 4.18. The fourth-order valence-corrected chi connectivity index (χ4v) is 4.18. The number of nitrogens with one attached hydrogen (secondary N) is 1.